The Morgan fingerprint density at radius 1 is 1.53 bits per heavy atom. The van der Waals surface area contributed by atoms with Crippen LogP contribution in [0.4, 0.5) is 0 Å². The summed E-state index contributed by atoms with van der Waals surface area (Å²) in [6.07, 6.45) is 0. The van der Waals surface area contributed by atoms with Gasteiger partial charge in [0.05, 0.1) is 0 Å². The molecular formula is C11H14ClNO2. The van der Waals surface area contributed by atoms with E-state index in [2.05, 4.69) is 5.32 Å². The summed E-state index contributed by atoms with van der Waals surface area (Å²) in [5, 5.41) is 12.0. The Morgan fingerprint density at radius 3 is 2.73 bits per heavy atom. The molecule has 0 bridgehead atoms. The summed E-state index contributed by atoms with van der Waals surface area (Å²) in [5.74, 6) is 0.167. The number of benzene rings is 1. The fourth-order valence-corrected chi connectivity index (χ4v) is 1.13. The molecule has 4 heteroatoms. The second-order valence-corrected chi connectivity index (χ2v) is 4.29. The number of rotatable bonds is 3. The number of hydrogen-bond donors (Lipinski definition) is 2. The van der Waals surface area contributed by atoms with E-state index in [1.54, 1.807) is 12.1 Å². The number of halogens is 1. The molecule has 1 aromatic carbocycles. The highest BCUT2D eigenvalue weighted by molar-refractivity contribution is 6.18. The molecule has 3 nitrogen and oxygen atoms in total. The van der Waals surface area contributed by atoms with E-state index in [1.807, 2.05) is 13.8 Å². The highest BCUT2D eigenvalue weighted by Gasteiger charge is 2.19. The molecule has 0 atom stereocenters. The topological polar surface area (TPSA) is 49.3 Å². The van der Waals surface area contributed by atoms with Gasteiger partial charge >= 0.3 is 0 Å². The Hall–Kier alpha value is -1.22. The zero-order valence-corrected chi connectivity index (χ0v) is 9.51. The number of phenolic OH excluding ortho intramolecular Hbond substituents is 1. The highest BCUT2D eigenvalue weighted by Crippen LogP contribution is 2.12. The van der Waals surface area contributed by atoms with E-state index in [0.717, 1.165) is 0 Å². The SMILES string of the molecule is CC(C)(CCl)NC(=O)c1cccc(O)c1. The number of carbonyl (C=O) groups excluding carboxylic acids is 1. The van der Waals surface area contributed by atoms with Crippen molar-refractivity contribution in [1.29, 1.82) is 0 Å². The molecule has 2 N–H and O–H groups in total. The molecule has 1 aromatic rings. The number of hydrogen-bond acceptors (Lipinski definition) is 2. The average Bonchev–Trinajstić information content (AvgIpc) is 2.17. The molecular weight excluding hydrogens is 214 g/mol. The third-order valence-corrected chi connectivity index (χ3v) is 2.56. The zero-order chi connectivity index (χ0) is 11.5. The van der Waals surface area contributed by atoms with E-state index in [0.29, 0.717) is 11.4 Å². The van der Waals surface area contributed by atoms with Crippen LogP contribution in [0.25, 0.3) is 0 Å². The lowest BCUT2D eigenvalue weighted by Crippen LogP contribution is -2.44. The maximum absolute atomic E-state index is 11.7. The van der Waals surface area contributed by atoms with Crippen LogP contribution in [0.2, 0.25) is 0 Å². The van der Waals surface area contributed by atoms with Gasteiger partial charge in [-0.15, -0.1) is 11.6 Å². The molecule has 82 valence electrons. The average molecular weight is 228 g/mol. The molecule has 0 aliphatic rings. The third-order valence-electron chi connectivity index (χ3n) is 1.89. The van der Waals surface area contributed by atoms with Gasteiger partial charge in [-0.3, -0.25) is 4.79 Å². The Kier molecular flexibility index (Phi) is 3.58. The van der Waals surface area contributed by atoms with Crippen molar-refractivity contribution in [3.63, 3.8) is 0 Å². The normalized spacial score (nSPS) is 11.1. The van der Waals surface area contributed by atoms with Crippen molar-refractivity contribution in [3.05, 3.63) is 29.8 Å². The molecule has 0 aliphatic carbocycles. The molecule has 1 amide bonds. The van der Waals surface area contributed by atoms with Crippen LogP contribution in [0, 0.1) is 0 Å². The summed E-state index contributed by atoms with van der Waals surface area (Å²) in [6, 6.07) is 6.19. The molecule has 0 fully saturated rings. The summed E-state index contributed by atoms with van der Waals surface area (Å²) < 4.78 is 0. The monoisotopic (exact) mass is 227 g/mol. The Balaban J connectivity index is 2.78. The Morgan fingerprint density at radius 2 is 2.20 bits per heavy atom. The summed E-state index contributed by atoms with van der Waals surface area (Å²) in [6.45, 7) is 3.67. The predicted molar refractivity (Wildman–Crippen MR) is 60.4 cm³/mol. The molecule has 0 aromatic heterocycles. The van der Waals surface area contributed by atoms with Gasteiger partial charge in [0.15, 0.2) is 0 Å². The first-order chi connectivity index (χ1) is 6.94. The van der Waals surface area contributed by atoms with Gasteiger partial charge in [-0.25, -0.2) is 0 Å². The molecule has 1 rings (SSSR count). The van der Waals surface area contributed by atoms with E-state index in [9.17, 15) is 9.90 Å². The summed E-state index contributed by atoms with van der Waals surface area (Å²) in [4.78, 5) is 11.7. The van der Waals surface area contributed by atoms with Crippen LogP contribution in [0.3, 0.4) is 0 Å². The first-order valence-corrected chi connectivity index (χ1v) is 5.15. The number of alkyl halides is 1. The first kappa shape index (κ1) is 11.9. The Bertz CT molecular complexity index is 363. The van der Waals surface area contributed by atoms with Crippen LogP contribution in [-0.2, 0) is 0 Å². The molecule has 0 spiro atoms. The third kappa shape index (κ3) is 3.44. The van der Waals surface area contributed by atoms with Gasteiger partial charge in [-0.1, -0.05) is 6.07 Å². The van der Waals surface area contributed by atoms with Gasteiger partial charge < -0.3 is 10.4 Å². The van der Waals surface area contributed by atoms with E-state index < -0.39 is 5.54 Å². The maximum atomic E-state index is 11.7. The van der Waals surface area contributed by atoms with Crippen molar-refractivity contribution >= 4 is 17.5 Å². The smallest absolute Gasteiger partial charge is 0.251 e. The van der Waals surface area contributed by atoms with Crippen LogP contribution in [0.1, 0.15) is 24.2 Å². The zero-order valence-electron chi connectivity index (χ0n) is 8.75. The molecule has 0 aliphatic heterocycles. The predicted octanol–water partition coefficient (Wildman–Crippen LogP) is 2.14. The second kappa shape index (κ2) is 4.53. The van der Waals surface area contributed by atoms with Crippen LogP contribution in [-0.4, -0.2) is 22.4 Å². The van der Waals surface area contributed by atoms with Gasteiger partial charge in [0.25, 0.3) is 5.91 Å². The number of amides is 1. The quantitative estimate of drug-likeness (QED) is 0.778. The minimum Gasteiger partial charge on any atom is -0.508 e. The maximum Gasteiger partial charge on any atom is 0.251 e. The fraction of sp³-hybridized carbons (Fsp3) is 0.364. The lowest BCUT2D eigenvalue weighted by molar-refractivity contribution is 0.0920. The van der Waals surface area contributed by atoms with Gasteiger partial charge in [0.1, 0.15) is 5.75 Å². The standard InChI is InChI=1S/C11H14ClNO2/c1-11(2,7-12)13-10(15)8-4-3-5-9(14)6-8/h3-6,14H,7H2,1-2H3,(H,13,15). The number of carbonyl (C=O) groups is 1. The molecule has 15 heavy (non-hydrogen) atoms. The van der Waals surface area contributed by atoms with Gasteiger partial charge in [-0.05, 0) is 32.0 Å². The summed E-state index contributed by atoms with van der Waals surface area (Å²) >= 11 is 5.69. The number of nitrogens with one attached hydrogen (secondary N) is 1. The lowest BCUT2D eigenvalue weighted by atomic mass is 10.1. The van der Waals surface area contributed by atoms with Crippen LogP contribution >= 0.6 is 11.6 Å². The molecule has 0 heterocycles. The van der Waals surface area contributed by atoms with Crippen molar-refractivity contribution in [2.24, 2.45) is 0 Å². The number of aromatic hydroxyl groups is 1. The van der Waals surface area contributed by atoms with Gasteiger partial charge in [0.2, 0.25) is 0 Å². The fourth-order valence-electron chi connectivity index (χ4n) is 1.06. The van der Waals surface area contributed by atoms with Gasteiger partial charge in [0, 0.05) is 17.0 Å². The second-order valence-electron chi connectivity index (χ2n) is 4.02. The van der Waals surface area contributed by atoms with Crippen molar-refractivity contribution in [1.82, 2.24) is 5.32 Å². The van der Waals surface area contributed by atoms with Crippen molar-refractivity contribution < 1.29 is 9.90 Å². The molecule has 0 saturated carbocycles. The van der Waals surface area contributed by atoms with E-state index in [4.69, 9.17) is 11.6 Å². The lowest BCUT2D eigenvalue weighted by Gasteiger charge is -2.23. The Labute approximate surface area is 94.1 Å². The van der Waals surface area contributed by atoms with E-state index >= 15 is 0 Å². The largest absolute Gasteiger partial charge is 0.508 e. The number of phenols is 1. The first-order valence-electron chi connectivity index (χ1n) is 4.62. The summed E-state index contributed by atoms with van der Waals surface area (Å²) in [7, 11) is 0. The van der Waals surface area contributed by atoms with Crippen molar-refractivity contribution in [3.8, 4) is 5.75 Å². The highest BCUT2D eigenvalue weighted by atomic mass is 35.5. The van der Waals surface area contributed by atoms with E-state index in [-0.39, 0.29) is 11.7 Å². The minimum atomic E-state index is -0.454. The van der Waals surface area contributed by atoms with Crippen molar-refractivity contribution in [2.45, 2.75) is 19.4 Å². The van der Waals surface area contributed by atoms with Gasteiger partial charge in [-0.2, -0.15) is 0 Å². The van der Waals surface area contributed by atoms with Crippen LogP contribution < -0.4 is 5.32 Å². The van der Waals surface area contributed by atoms with E-state index in [1.165, 1.54) is 12.1 Å². The molecule has 0 saturated heterocycles. The summed E-state index contributed by atoms with van der Waals surface area (Å²) in [5.41, 5.74) is -0.0300. The van der Waals surface area contributed by atoms with Crippen LogP contribution in [0.5, 0.6) is 5.75 Å². The minimum absolute atomic E-state index is 0.0753. The molecule has 0 unspecified atom stereocenters. The van der Waals surface area contributed by atoms with Crippen molar-refractivity contribution in [2.75, 3.05) is 5.88 Å². The molecule has 0 radical (unpaired) electrons. The van der Waals surface area contributed by atoms with Crippen LogP contribution in [0.15, 0.2) is 24.3 Å².